The fourth-order valence-electron chi connectivity index (χ4n) is 3.17. The van der Waals surface area contributed by atoms with Crippen LogP contribution in [0.15, 0.2) is 30.6 Å². The van der Waals surface area contributed by atoms with Gasteiger partial charge in [-0.05, 0) is 49.3 Å². The molecule has 0 bridgehead atoms. The molecule has 0 spiro atoms. The van der Waals surface area contributed by atoms with Gasteiger partial charge >= 0.3 is 11.9 Å². The van der Waals surface area contributed by atoms with Gasteiger partial charge in [-0.2, -0.15) is 0 Å². The highest BCUT2D eigenvalue weighted by Crippen LogP contribution is 2.28. The first-order chi connectivity index (χ1) is 14.8. The fourth-order valence-corrected chi connectivity index (χ4v) is 3.28. The molecule has 2 aromatic heterocycles. The van der Waals surface area contributed by atoms with Gasteiger partial charge in [0, 0.05) is 29.7 Å². The highest BCUT2D eigenvalue weighted by Gasteiger charge is 2.45. The fraction of sp³-hybridized carbons (Fsp3) is 0.348. The molecular formula is C23H23ClN2O5. The predicted molar refractivity (Wildman–Crippen MR) is 114 cm³/mol. The van der Waals surface area contributed by atoms with Crippen LogP contribution in [0.5, 0.6) is 0 Å². The van der Waals surface area contributed by atoms with E-state index in [2.05, 4.69) is 16.9 Å². The number of aryl methyl sites for hydroxylation is 1. The Bertz CT molecular complexity index is 1140. The number of hydrogen-bond acceptors (Lipinski definition) is 7. The molecule has 0 saturated carbocycles. The summed E-state index contributed by atoms with van der Waals surface area (Å²) < 4.78 is 11.1. The molecule has 0 aliphatic heterocycles. The summed E-state index contributed by atoms with van der Waals surface area (Å²) in [5, 5.41) is 1.21. The van der Waals surface area contributed by atoms with Gasteiger partial charge in [0.25, 0.3) is 0 Å². The van der Waals surface area contributed by atoms with Crippen LogP contribution in [0.2, 0.25) is 5.15 Å². The molecule has 0 amide bonds. The van der Waals surface area contributed by atoms with E-state index in [-0.39, 0.29) is 22.9 Å². The van der Waals surface area contributed by atoms with Crippen molar-refractivity contribution in [2.24, 2.45) is 0 Å². The molecular weight excluding hydrogens is 420 g/mol. The van der Waals surface area contributed by atoms with Crippen molar-refractivity contribution in [3.8, 4) is 0 Å². The van der Waals surface area contributed by atoms with Gasteiger partial charge in [0.2, 0.25) is 11.4 Å². The van der Waals surface area contributed by atoms with Gasteiger partial charge < -0.3 is 9.47 Å². The summed E-state index contributed by atoms with van der Waals surface area (Å²) in [7, 11) is 0. The lowest BCUT2D eigenvalue weighted by molar-refractivity contribution is -0.159. The molecule has 2 heterocycles. The quantitative estimate of drug-likeness (QED) is 0.480. The summed E-state index contributed by atoms with van der Waals surface area (Å²) in [6.07, 6.45) is 7.01. The SMILES string of the molecule is CCCCc1cc2c(cn1)=C(OC(=O)c1ccc(Cl)nc1)C(C)(OC(=O)CC)C(=O)C=2. The molecule has 2 aromatic rings. The van der Waals surface area contributed by atoms with Crippen LogP contribution in [0.3, 0.4) is 0 Å². The number of ether oxygens (including phenoxy) is 2. The van der Waals surface area contributed by atoms with Gasteiger partial charge in [-0.1, -0.05) is 31.9 Å². The number of nitrogens with zero attached hydrogens (tertiary/aromatic N) is 2. The third-order valence-electron chi connectivity index (χ3n) is 4.98. The molecule has 1 atom stereocenters. The molecule has 1 unspecified atom stereocenters. The lowest BCUT2D eigenvalue weighted by Crippen LogP contribution is -2.51. The monoisotopic (exact) mass is 442 g/mol. The van der Waals surface area contributed by atoms with Gasteiger partial charge in [0.1, 0.15) is 5.15 Å². The van der Waals surface area contributed by atoms with E-state index < -0.39 is 23.3 Å². The van der Waals surface area contributed by atoms with Crippen molar-refractivity contribution in [1.29, 1.82) is 0 Å². The largest absolute Gasteiger partial charge is 0.443 e. The Kier molecular flexibility index (Phi) is 6.85. The molecule has 1 aliphatic carbocycles. The molecule has 7 nitrogen and oxygen atoms in total. The number of halogens is 1. The van der Waals surface area contributed by atoms with E-state index in [1.54, 1.807) is 19.2 Å². The highest BCUT2D eigenvalue weighted by molar-refractivity contribution is 6.29. The average Bonchev–Trinajstić information content (AvgIpc) is 2.75. The molecule has 0 fully saturated rings. The summed E-state index contributed by atoms with van der Waals surface area (Å²) in [5.74, 6) is -1.92. The number of Topliss-reactive ketones (excluding diaryl/α,β-unsaturated/α-hetero) is 1. The summed E-state index contributed by atoms with van der Waals surface area (Å²) in [4.78, 5) is 46.2. The number of ketones is 1. The maximum atomic E-state index is 13.0. The van der Waals surface area contributed by atoms with Crippen LogP contribution in [0.1, 0.15) is 56.1 Å². The van der Waals surface area contributed by atoms with Gasteiger partial charge in [-0.3, -0.25) is 14.6 Å². The van der Waals surface area contributed by atoms with Gasteiger partial charge in [-0.15, -0.1) is 0 Å². The van der Waals surface area contributed by atoms with E-state index in [0.717, 1.165) is 25.0 Å². The number of carbonyl (C=O) groups excluding carboxylic acids is 3. The van der Waals surface area contributed by atoms with Gasteiger partial charge in [0.15, 0.2) is 5.76 Å². The predicted octanol–water partition coefficient (Wildman–Crippen LogP) is 2.51. The number of rotatable bonds is 7. The molecule has 0 radical (unpaired) electrons. The van der Waals surface area contributed by atoms with Crippen LogP contribution in [0.4, 0.5) is 0 Å². The smallest absolute Gasteiger partial charge is 0.344 e. The number of unbranched alkanes of at least 4 members (excludes halogenated alkanes) is 1. The molecule has 8 heteroatoms. The maximum absolute atomic E-state index is 13.0. The minimum atomic E-state index is -1.79. The second kappa shape index (κ2) is 9.39. The van der Waals surface area contributed by atoms with Crippen molar-refractivity contribution in [2.45, 2.75) is 52.1 Å². The minimum Gasteiger partial charge on any atom is -0.443 e. The van der Waals surface area contributed by atoms with E-state index >= 15 is 0 Å². The summed E-state index contributed by atoms with van der Waals surface area (Å²) in [6.45, 7) is 5.11. The maximum Gasteiger partial charge on any atom is 0.344 e. The number of pyridine rings is 2. The van der Waals surface area contributed by atoms with Crippen LogP contribution >= 0.6 is 11.6 Å². The lowest BCUT2D eigenvalue weighted by Gasteiger charge is -2.30. The van der Waals surface area contributed by atoms with Crippen molar-refractivity contribution in [1.82, 2.24) is 9.97 Å². The van der Waals surface area contributed by atoms with Crippen molar-refractivity contribution >= 4 is 41.2 Å². The Labute approximate surface area is 184 Å². The zero-order valence-corrected chi connectivity index (χ0v) is 18.4. The van der Waals surface area contributed by atoms with Crippen molar-refractivity contribution < 1.29 is 23.9 Å². The van der Waals surface area contributed by atoms with E-state index in [1.807, 2.05) is 0 Å². The lowest BCUT2D eigenvalue weighted by atomic mass is 9.90. The first kappa shape index (κ1) is 22.6. The van der Waals surface area contributed by atoms with Crippen molar-refractivity contribution in [3.05, 3.63) is 57.4 Å². The molecule has 0 saturated heterocycles. The molecule has 1 aliphatic rings. The second-order valence-electron chi connectivity index (χ2n) is 7.32. The standard InChI is InChI=1S/C23H23ClN2O5/c1-4-6-7-16-10-15-11-18(27)23(3,31-20(28)5-2)21(17(15)13-25-16)30-22(29)14-8-9-19(24)26-12-14/h8-13H,4-7H2,1-3H3. The average molecular weight is 443 g/mol. The van der Waals surface area contributed by atoms with Crippen molar-refractivity contribution in [3.63, 3.8) is 0 Å². The Morgan fingerprint density at radius 1 is 1.16 bits per heavy atom. The van der Waals surface area contributed by atoms with Crippen LogP contribution in [0.25, 0.3) is 11.8 Å². The van der Waals surface area contributed by atoms with E-state index in [9.17, 15) is 14.4 Å². The zero-order chi connectivity index (χ0) is 22.6. The molecule has 162 valence electrons. The van der Waals surface area contributed by atoms with Gasteiger partial charge in [-0.25, -0.2) is 9.78 Å². The van der Waals surface area contributed by atoms with E-state index in [1.165, 1.54) is 31.3 Å². The second-order valence-corrected chi connectivity index (χ2v) is 7.71. The Morgan fingerprint density at radius 3 is 2.58 bits per heavy atom. The summed E-state index contributed by atoms with van der Waals surface area (Å²) in [5.41, 5.74) is -0.828. The topological polar surface area (TPSA) is 95.4 Å². The number of hydrogen-bond donors (Lipinski definition) is 0. The van der Waals surface area contributed by atoms with Gasteiger partial charge in [0.05, 0.1) is 5.56 Å². The summed E-state index contributed by atoms with van der Waals surface area (Å²) in [6, 6.07) is 4.70. The highest BCUT2D eigenvalue weighted by atomic mass is 35.5. The third-order valence-corrected chi connectivity index (χ3v) is 5.20. The number of fused-ring (bicyclic) bond motifs is 1. The van der Waals surface area contributed by atoms with Crippen LogP contribution in [-0.2, 0) is 25.5 Å². The molecule has 3 rings (SSSR count). The minimum absolute atomic E-state index is 0.0618. The Balaban J connectivity index is 2.13. The number of carbonyl (C=O) groups is 3. The van der Waals surface area contributed by atoms with E-state index in [0.29, 0.717) is 10.4 Å². The van der Waals surface area contributed by atoms with Crippen LogP contribution < -0.4 is 10.4 Å². The Morgan fingerprint density at radius 2 is 1.94 bits per heavy atom. The third kappa shape index (κ3) is 4.82. The number of esters is 2. The molecule has 0 aromatic carbocycles. The first-order valence-electron chi connectivity index (χ1n) is 10.1. The van der Waals surface area contributed by atoms with E-state index in [4.69, 9.17) is 21.1 Å². The Hall–Kier alpha value is -3.06. The van der Waals surface area contributed by atoms with Crippen molar-refractivity contribution in [2.75, 3.05) is 0 Å². The van der Waals surface area contributed by atoms with Crippen LogP contribution in [-0.4, -0.2) is 33.3 Å². The molecule has 0 N–H and O–H groups in total. The zero-order valence-electron chi connectivity index (χ0n) is 17.6. The molecule has 31 heavy (non-hydrogen) atoms. The summed E-state index contributed by atoms with van der Waals surface area (Å²) >= 11 is 5.78. The first-order valence-corrected chi connectivity index (χ1v) is 10.5. The van der Waals surface area contributed by atoms with Crippen LogP contribution in [0, 0.1) is 0 Å². The normalized spacial score (nSPS) is 17.5. The number of aromatic nitrogens is 2.